The van der Waals surface area contributed by atoms with E-state index in [-0.39, 0.29) is 17.7 Å². The van der Waals surface area contributed by atoms with Gasteiger partial charge in [-0.15, -0.1) is 0 Å². The monoisotopic (exact) mass is 335 g/mol. The molecular formula is C21H21NO3. The lowest BCUT2D eigenvalue weighted by Gasteiger charge is -2.63. The zero-order valence-electron chi connectivity index (χ0n) is 14.9. The third-order valence-electron chi connectivity index (χ3n) is 5.82. The molecular weight excluding hydrogens is 314 g/mol. The van der Waals surface area contributed by atoms with Crippen molar-refractivity contribution < 1.29 is 14.3 Å². The average Bonchev–Trinajstić information content (AvgIpc) is 2.60. The normalized spacial score (nSPS) is 31.0. The van der Waals surface area contributed by atoms with Gasteiger partial charge in [0, 0.05) is 5.92 Å². The Kier molecular flexibility index (Phi) is 3.22. The maximum absolute atomic E-state index is 13.5. The molecule has 3 aliphatic rings. The molecule has 3 unspecified atom stereocenters. The van der Waals surface area contributed by atoms with Crippen molar-refractivity contribution in [2.45, 2.75) is 38.9 Å². The van der Waals surface area contributed by atoms with Crippen molar-refractivity contribution in [1.82, 2.24) is 0 Å². The van der Waals surface area contributed by atoms with Crippen molar-refractivity contribution in [1.29, 1.82) is 0 Å². The van der Waals surface area contributed by atoms with E-state index >= 15 is 0 Å². The van der Waals surface area contributed by atoms with Crippen LogP contribution in [0.2, 0.25) is 0 Å². The Morgan fingerprint density at radius 3 is 2.08 bits per heavy atom. The zero-order chi connectivity index (χ0) is 18.0. The van der Waals surface area contributed by atoms with E-state index < -0.39 is 11.2 Å². The molecule has 2 aromatic rings. The van der Waals surface area contributed by atoms with Crippen LogP contribution in [0.4, 0.5) is 5.69 Å². The molecule has 0 radical (unpaired) electrons. The number of para-hydroxylation sites is 1. The molecule has 2 amide bonds. The first-order valence-electron chi connectivity index (χ1n) is 8.55. The Hall–Kier alpha value is -2.46. The van der Waals surface area contributed by atoms with E-state index in [0.29, 0.717) is 5.69 Å². The summed E-state index contributed by atoms with van der Waals surface area (Å²) < 4.78 is 6.06. The summed E-state index contributed by atoms with van der Waals surface area (Å²) in [5.41, 5.74) is 1.20. The molecule has 5 rings (SSSR count). The number of aryl methyl sites for hydroxylation is 2. The Labute approximate surface area is 147 Å². The number of piperidine rings is 1. The number of rotatable bonds is 2. The molecule has 3 fully saturated rings. The summed E-state index contributed by atoms with van der Waals surface area (Å²) >= 11 is 0. The predicted molar refractivity (Wildman–Crippen MR) is 95.2 cm³/mol. The maximum Gasteiger partial charge on any atom is 0.271 e. The molecule has 2 bridgehead atoms. The lowest BCUT2D eigenvalue weighted by molar-refractivity contribution is -0.298. The molecule has 3 saturated heterocycles. The minimum Gasteiger partial charge on any atom is -0.343 e. The fraction of sp³-hybridized carbons (Fsp3) is 0.333. The minimum absolute atomic E-state index is 0.219. The molecule has 3 heterocycles. The van der Waals surface area contributed by atoms with Gasteiger partial charge in [0.05, 0.1) is 5.69 Å². The lowest BCUT2D eigenvalue weighted by atomic mass is 9.62. The second kappa shape index (κ2) is 5.02. The van der Waals surface area contributed by atoms with Gasteiger partial charge in [-0.1, -0.05) is 55.5 Å². The summed E-state index contributed by atoms with van der Waals surface area (Å²) in [6.07, 6.45) is 0. The number of morpholine rings is 1. The van der Waals surface area contributed by atoms with Crippen LogP contribution in [0.1, 0.15) is 30.5 Å². The number of imide groups is 1. The fourth-order valence-corrected chi connectivity index (χ4v) is 4.26. The zero-order valence-corrected chi connectivity index (χ0v) is 14.9. The standard InChI is InChI=1S/C21H21NO3/c1-13-9-8-10-14(2)17(13)22-18(23)20(4)15(3)21(25-20,19(22)24)16-11-6-5-7-12-16/h5-12,15H,1-4H3. The number of carbonyl (C=O) groups is 2. The van der Waals surface area contributed by atoms with Crippen LogP contribution in [0.25, 0.3) is 0 Å². The number of ether oxygens (including phenoxy) is 1. The molecule has 0 N–H and O–H groups in total. The second-order valence-electron chi connectivity index (χ2n) is 7.22. The summed E-state index contributed by atoms with van der Waals surface area (Å²) in [6, 6.07) is 15.3. The van der Waals surface area contributed by atoms with E-state index in [0.717, 1.165) is 16.7 Å². The van der Waals surface area contributed by atoms with Crippen LogP contribution < -0.4 is 4.90 Å². The van der Waals surface area contributed by atoms with Crippen LogP contribution in [0.5, 0.6) is 0 Å². The third-order valence-corrected chi connectivity index (χ3v) is 5.82. The first kappa shape index (κ1) is 16.0. The topological polar surface area (TPSA) is 46.6 Å². The molecule has 3 aliphatic heterocycles. The van der Waals surface area contributed by atoms with E-state index in [1.807, 2.05) is 69.3 Å². The molecule has 0 aliphatic carbocycles. The third kappa shape index (κ3) is 1.80. The SMILES string of the molecule is Cc1cccc(C)c1N1C(=O)C2(C)OC(c3ccccc3)(C1=O)C2C. The maximum atomic E-state index is 13.5. The fourth-order valence-electron chi connectivity index (χ4n) is 4.26. The van der Waals surface area contributed by atoms with Crippen LogP contribution in [0.15, 0.2) is 48.5 Å². The van der Waals surface area contributed by atoms with Gasteiger partial charge in [0.25, 0.3) is 11.8 Å². The quantitative estimate of drug-likeness (QED) is 0.789. The Morgan fingerprint density at radius 2 is 1.52 bits per heavy atom. The number of amides is 2. The van der Waals surface area contributed by atoms with Crippen molar-refractivity contribution in [2.24, 2.45) is 5.92 Å². The van der Waals surface area contributed by atoms with Gasteiger partial charge in [-0.25, -0.2) is 4.90 Å². The second-order valence-corrected chi connectivity index (χ2v) is 7.22. The number of hydrogen-bond donors (Lipinski definition) is 0. The van der Waals surface area contributed by atoms with Crippen LogP contribution in [-0.2, 0) is 19.9 Å². The van der Waals surface area contributed by atoms with Gasteiger partial charge in [0.15, 0.2) is 11.2 Å². The van der Waals surface area contributed by atoms with Crippen molar-refractivity contribution in [2.75, 3.05) is 4.90 Å². The lowest BCUT2D eigenvalue weighted by Crippen LogP contribution is -2.81. The van der Waals surface area contributed by atoms with E-state index in [2.05, 4.69) is 0 Å². The Balaban J connectivity index is 1.92. The highest BCUT2D eigenvalue weighted by Crippen LogP contribution is 2.59. The van der Waals surface area contributed by atoms with Crippen LogP contribution in [-0.4, -0.2) is 17.4 Å². The summed E-state index contributed by atoms with van der Waals surface area (Å²) in [7, 11) is 0. The molecule has 0 saturated carbocycles. The molecule has 0 aromatic heterocycles. The van der Waals surface area contributed by atoms with Gasteiger partial charge < -0.3 is 4.74 Å². The average molecular weight is 335 g/mol. The number of benzene rings is 2. The molecule has 128 valence electrons. The van der Waals surface area contributed by atoms with E-state index in [4.69, 9.17) is 4.74 Å². The first-order chi connectivity index (χ1) is 11.8. The van der Waals surface area contributed by atoms with E-state index in [1.165, 1.54) is 4.90 Å². The Bertz CT molecular complexity index is 871. The number of fused-ring (bicyclic) bond motifs is 2. The highest BCUT2D eigenvalue weighted by Gasteiger charge is 2.75. The smallest absolute Gasteiger partial charge is 0.271 e. The molecule has 25 heavy (non-hydrogen) atoms. The van der Waals surface area contributed by atoms with Crippen molar-refractivity contribution in [3.8, 4) is 0 Å². The molecule has 3 atom stereocenters. The van der Waals surface area contributed by atoms with Crippen molar-refractivity contribution >= 4 is 17.5 Å². The van der Waals surface area contributed by atoms with Gasteiger partial charge in [-0.3, -0.25) is 9.59 Å². The summed E-state index contributed by atoms with van der Waals surface area (Å²) in [5, 5.41) is 0. The molecule has 4 nitrogen and oxygen atoms in total. The Morgan fingerprint density at radius 1 is 0.920 bits per heavy atom. The van der Waals surface area contributed by atoms with E-state index in [9.17, 15) is 9.59 Å². The summed E-state index contributed by atoms with van der Waals surface area (Å²) in [6.45, 7) is 7.55. The number of nitrogens with zero attached hydrogens (tertiary/aromatic N) is 1. The number of hydrogen-bond acceptors (Lipinski definition) is 3. The highest BCUT2D eigenvalue weighted by atomic mass is 16.6. The van der Waals surface area contributed by atoms with E-state index in [1.54, 1.807) is 6.92 Å². The number of anilines is 1. The largest absolute Gasteiger partial charge is 0.343 e. The van der Waals surface area contributed by atoms with Crippen LogP contribution in [0, 0.1) is 19.8 Å². The van der Waals surface area contributed by atoms with Crippen LogP contribution >= 0.6 is 0 Å². The summed E-state index contributed by atoms with van der Waals surface area (Å²) in [5.74, 6) is -0.791. The number of carbonyl (C=O) groups excluding carboxylic acids is 2. The van der Waals surface area contributed by atoms with Gasteiger partial charge in [-0.05, 0) is 37.5 Å². The minimum atomic E-state index is -1.10. The van der Waals surface area contributed by atoms with Gasteiger partial charge in [0.1, 0.15) is 0 Å². The first-order valence-corrected chi connectivity index (χ1v) is 8.55. The predicted octanol–water partition coefficient (Wildman–Crippen LogP) is 3.50. The highest BCUT2D eigenvalue weighted by molar-refractivity contribution is 6.25. The molecule has 0 spiro atoms. The van der Waals surface area contributed by atoms with Crippen LogP contribution in [0.3, 0.4) is 0 Å². The molecule has 4 heteroatoms. The van der Waals surface area contributed by atoms with Crippen molar-refractivity contribution in [3.63, 3.8) is 0 Å². The molecule has 2 aromatic carbocycles. The summed E-state index contributed by atoms with van der Waals surface area (Å²) in [4.78, 5) is 28.0. The van der Waals surface area contributed by atoms with Gasteiger partial charge in [0.2, 0.25) is 0 Å². The van der Waals surface area contributed by atoms with Crippen molar-refractivity contribution in [3.05, 3.63) is 65.2 Å². The van der Waals surface area contributed by atoms with Gasteiger partial charge in [-0.2, -0.15) is 0 Å². The van der Waals surface area contributed by atoms with Gasteiger partial charge >= 0.3 is 0 Å².